The molecule has 100 valence electrons. The highest BCUT2D eigenvalue weighted by Gasteiger charge is 2.15. The Labute approximate surface area is 129 Å². The van der Waals surface area contributed by atoms with E-state index in [4.69, 9.17) is 16.0 Å². The number of carbonyl (C=O) groups excluding carboxylic acids is 1. The molecule has 3 rings (SSSR count). The Morgan fingerprint density at radius 1 is 1.15 bits per heavy atom. The van der Waals surface area contributed by atoms with Gasteiger partial charge in [0.1, 0.15) is 5.58 Å². The van der Waals surface area contributed by atoms with Crippen molar-refractivity contribution in [2.75, 3.05) is 0 Å². The Bertz CT molecular complexity index is 820. The Balaban J connectivity index is 2.05. The first-order chi connectivity index (χ1) is 9.54. The maximum Gasteiger partial charge on any atom is 0.228 e. The fourth-order valence-corrected chi connectivity index (χ4v) is 2.48. The molecule has 0 atom stereocenters. The van der Waals surface area contributed by atoms with E-state index >= 15 is 0 Å². The number of furan rings is 1. The molecule has 20 heavy (non-hydrogen) atoms. The summed E-state index contributed by atoms with van der Waals surface area (Å²) in [6.45, 7) is 1.94. The Kier molecular flexibility index (Phi) is 3.40. The lowest BCUT2D eigenvalue weighted by atomic mass is 10.1. The van der Waals surface area contributed by atoms with Gasteiger partial charge >= 0.3 is 0 Å². The summed E-state index contributed by atoms with van der Waals surface area (Å²) in [7, 11) is 0. The molecule has 1 heterocycles. The molecular weight excluding hydrogens is 340 g/mol. The molecule has 0 aliphatic carbocycles. The van der Waals surface area contributed by atoms with Crippen LogP contribution in [0.5, 0.6) is 0 Å². The minimum atomic E-state index is -0.132. The van der Waals surface area contributed by atoms with E-state index in [2.05, 4.69) is 15.9 Å². The third-order valence-electron chi connectivity index (χ3n) is 3.12. The van der Waals surface area contributed by atoms with Crippen molar-refractivity contribution in [1.29, 1.82) is 0 Å². The van der Waals surface area contributed by atoms with Crippen molar-refractivity contribution < 1.29 is 9.21 Å². The zero-order chi connectivity index (χ0) is 14.3. The van der Waals surface area contributed by atoms with Gasteiger partial charge in [-0.3, -0.25) is 4.79 Å². The number of fused-ring (bicyclic) bond motifs is 1. The summed E-state index contributed by atoms with van der Waals surface area (Å²) < 4.78 is 6.57. The van der Waals surface area contributed by atoms with Gasteiger partial charge < -0.3 is 4.42 Å². The van der Waals surface area contributed by atoms with Crippen molar-refractivity contribution in [3.63, 3.8) is 0 Å². The normalized spacial score (nSPS) is 10.9. The zero-order valence-corrected chi connectivity index (χ0v) is 13.0. The van der Waals surface area contributed by atoms with Gasteiger partial charge in [-0.05, 0) is 55.0 Å². The topological polar surface area (TPSA) is 30.2 Å². The molecular formula is C16H10BrClO2. The number of hydrogen-bond donors (Lipinski definition) is 0. The van der Waals surface area contributed by atoms with E-state index in [1.165, 1.54) is 0 Å². The molecule has 0 saturated carbocycles. The number of hydrogen-bond acceptors (Lipinski definition) is 2. The second-order valence-corrected chi connectivity index (χ2v) is 5.88. The summed E-state index contributed by atoms with van der Waals surface area (Å²) in [5.74, 6) is 0.192. The summed E-state index contributed by atoms with van der Waals surface area (Å²) in [6.07, 6.45) is 0. The molecule has 0 amide bonds. The van der Waals surface area contributed by atoms with Crippen LogP contribution in [-0.4, -0.2) is 5.78 Å². The largest absolute Gasteiger partial charge is 0.453 e. The fourth-order valence-electron chi connectivity index (χ4n) is 2.05. The van der Waals surface area contributed by atoms with Gasteiger partial charge in [0.25, 0.3) is 0 Å². The minimum Gasteiger partial charge on any atom is -0.453 e. The van der Waals surface area contributed by atoms with Crippen molar-refractivity contribution in [3.05, 3.63) is 68.8 Å². The highest BCUT2D eigenvalue weighted by molar-refractivity contribution is 9.10. The van der Waals surface area contributed by atoms with Crippen LogP contribution in [0.4, 0.5) is 0 Å². The van der Waals surface area contributed by atoms with E-state index in [0.29, 0.717) is 21.9 Å². The van der Waals surface area contributed by atoms with Crippen molar-refractivity contribution in [1.82, 2.24) is 0 Å². The first kappa shape index (κ1) is 13.4. The highest BCUT2D eigenvalue weighted by Crippen LogP contribution is 2.25. The predicted octanol–water partition coefficient (Wildman–Crippen LogP) is 5.39. The van der Waals surface area contributed by atoms with E-state index in [-0.39, 0.29) is 5.78 Å². The van der Waals surface area contributed by atoms with Crippen molar-refractivity contribution in [2.45, 2.75) is 6.92 Å². The maximum atomic E-state index is 12.4. The van der Waals surface area contributed by atoms with Crippen LogP contribution in [0.1, 0.15) is 21.7 Å². The summed E-state index contributed by atoms with van der Waals surface area (Å²) >= 11 is 9.35. The highest BCUT2D eigenvalue weighted by atomic mass is 79.9. The van der Waals surface area contributed by atoms with Gasteiger partial charge in [0.05, 0.1) is 0 Å². The SMILES string of the molecule is Cc1cc(C(=O)c2cc3cc(Cl)ccc3o2)ccc1Br. The molecule has 0 aliphatic rings. The molecule has 0 N–H and O–H groups in total. The van der Waals surface area contributed by atoms with E-state index in [1.54, 1.807) is 30.3 Å². The van der Waals surface area contributed by atoms with Gasteiger partial charge in [0.2, 0.25) is 5.78 Å². The number of carbonyl (C=O) groups is 1. The van der Waals surface area contributed by atoms with Crippen LogP contribution in [0.25, 0.3) is 11.0 Å². The Morgan fingerprint density at radius 3 is 2.70 bits per heavy atom. The smallest absolute Gasteiger partial charge is 0.228 e. The van der Waals surface area contributed by atoms with Crippen LogP contribution in [0, 0.1) is 6.92 Å². The summed E-state index contributed by atoms with van der Waals surface area (Å²) in [5.41, 5.74) is 2.28. The lowest BCUT2D eigenvalue weighted by molar-refractivity contribution is 0.101. The van der Waals surface area contributed by atoms with Gasteiger partial charge in [-0.25, -0.2) is 0 Å². The molecule has 0 fully saturated rings. The summed E-state index contributed by atoms with van der Waals surface area (Å²) in [6, 6.07) is 12.5. The lowest BCUT2D eigenvalue weighted by Gasteiger charge is -2.01. The van der Waals surface area contributed by atoms with Crippen LogP contribution in [0.3, 0.4) is 0 Å². The quantitative estimate of drug-likeness (QED) is 0.581. The third kappa shape index (κ3) is 2.39. The van der Waals surface area contributed by atoms with E-state index in [9.17, 15) is 4.79 Å². The molecule has 2 nitrogen and oxygen atoms in total. The van der Waals surface area contributed by atoms with Crippen LogP contribution in [0.2, 0.25) is 5.02 Å². The monoisotopic (exact) mass is 348 g/mol. The average molecular weight is 350 g/mol. The van der Waals surface area contributed by atoms with Crippen LogP contribution < -0.4 is 0 Å². The maximum absolute atomic E-state index is 12.4. The standard InChI is InChI=1S/C16H10BrClO2/c1-9-6-10(2-4-13(9)17)16(19)15-8-11-7-12(18)3-5-14(11)20-15/h2-8H,1H3. The number of ketones is 1. The minimum absolute atomic E-state index is 0.132. The number of halogens is 2. The van der Waals surface area contributed by atoms with Crippen molar-refractivity contribution >= 4 is 44.3 Å². The second kappa shape index (κ2) is 5.08. The average Bonchev–Trinajstić information content (AvgIpc) is 2.84. The first-order valence-corrected chi connectivity index (χ1v) is 7.21. The molecule has 3 aromatic rings. The predicted molar refractivity (Wildman–Crippen MR) is 83.5 cm³/mol. The van der Waals surface area contributed by atoms with E-state index < -0.39 is 0 Å². The van der Waals surface area contributed by atoms with Crippen LogP contribution >= 0.6 is 27.5 Å². The van der Waals surface area contributed by atoms with E-state index in [0.717, 1.165) is 15.4 Å². The molecule has 0 unspecified atom stereocenters. The lowest BCUT2D eigenvalue weighted by Crippen LogP contribution is -1.99. The van der Waals surface area contributed by atoms with Gasteiger partial charge in [0, 0.05) is 20.4 Å². The molecule has 2 aromatic carbocycles. The Morgan fingerprint density at radius 2 is 1.95 bits per heavy atom. The van der Waals surface area contributed by atoms with Gasteiger partial charge in [-0.1, -0.05) is 27.5 Å². The summed E-state index contributed by atoms with van der Waals surface area (Å²) in [5, 5.41) is 1.45. The van der Waals surface area contributed by atoms with Gasteiger partial charge in [0.15, 0.2) is 5.76 Å². The fraction of sp³-hybridized carbons (Fsp3) is 0.0625. The second-order valence-electron chi connectivity index (χ2n) is 4.59. The molecule has 0 bridgehead atoms. The van der Waals surface area contributed by atoms with Crippen LogP contribution in [0.15, 0.2) is 51.4 Å². The first-order valence-electron chi connectivity index (χ1n) is 6.04. The molecule has 0 saturated heterocycles. The summed E-state index contributed by atoms with van der Waals surface area (Å²) in [4.78, 5) is 12.4. The molecule has 0 spiro atoms. The third-order valence-corrected chi connectivity index (χ3v) is 4.25. The Hall–Kier alpha value is -1.58. The molecule has 0 radical (unpaired) electrons. The number of benzene rings is 2. The van der Waals surface area contributed by atoms with Gasteiger partial charge in [-0.15, -0.1) is 0 Å². The number of aryl methyl sites for hydroxylation is 1. The van der Waals surface area contributed by atoms with Crippen molar-refractivity contribution in [3.8, 4) is 0 Å². The van der Waals surface area contributed by atoms with Crippen molar-refractivity contribution in [2.24, 2.45) is 0 Å². The van der Waals surface area contributed by atoms with Crippen LogP contribution in [-0.2, 0) is 0 Å². The van der Waals surface area contributed by atoms with E-state index in [1.807, 2.05) is 19.1 Å². The van der Waals surface area contributed by atoms with Gasteiger partial charge in [-0.2, -0.15) is 0 Å². The molecule has 4 heteroatoms. The molecule has 0 aliphatic heterocycles. The number of rotatable bonds is 2. The molecule has 1 aromatic heterocycles. The zero-order valence-electron chi connectivity index (χ0n) is 10.6.